The number of hydrogen-bond donors (Lipinski definition) is 2. The molecule has 0 radical (unpaired) electrons. The van der Waals surface area contributed by atoms with Crippen molar-refractivity contribution in [3.8, 4) is 0 Å². The topological polar surface area (TPSA) is 50.9 Å². The maximum atomic E-state index is 5.47. The van der Waals surface area contributed by atoms with E-state index in [0.29, 0.717) is 0 Å². The van der Waals surface area contributed by atoms with Gasteiger partial charge in [-0.15, -0.1) is 0 Å². The molecular formula is C10H14BrN3. The highest BCUT2D eigenvalue weighted by atomic mass is 79.9. The van der Waals surface area contributed by atoms with E-state index in [4.69, 9.17) is 5.84 Å². The van der Waals surface area contributed by atoms with Crippen molar-refractivity contribution in [3.63, 3.8) is 0 Å². The van der Waals surface area contributed by atoms with Crippen LogP contribution in [0.3, 0.4) is 0 Å². The normalized spacial score (nSPS) is 12.3. The Labute approximate surface area is 92.5 Å². The lowest BCUT2D eigenvalue weighted by molar-refractivity contribution is 0.649. The molecule has 1 heterocycles. The van der Waals surface area contributed by atoms with E-state index in [-0.39, 0.29) is 6.04 Å². The zero-order chi connectivity index (χ0) is 10.6. The van der Waals surface area contributed by atoms with E-state index >= 15 is 0 Å². The Morgan fingerprint density at radius 1 is 1.57 bits per heavy atom. The Morgan fingerprint density at radius 2 is 2.29 bits per heavy atom. The fourth-order valence-electron chi connectivity index (χ4n) is 1.17. The molecule has 0 aliphatic rings. The smallest absolute Gasteiger partial charge is 0.0658 e. The average Bonchev–Trinajstić information content (AvgIpc) is 2.14. The van der Waals surface area contributed by atoms with Gasteiger partial charge in [-0.25, -0.2) is 5.43 Å². The molecule has 1 atom stereocenters. The third-order valence-electron chi connectivity index (χ3n) is 1.76. The maximum absolute atomic E-state index is 5.47. The molecule has 76 valence electrons. The van der Waals surface area contributed by atoms with Crippen LogP contribution in [0.2, 0.25) is 0 Å². The third-order valence-corrected chi connectivity index (χ3v) is 2.20. The summed E-state index contributed by atoms with van der Waals surface area (Å²) in [7, 11) is 0. The zero-order valence-electron chi connectivity index (χ0n) is 8.29. The average molecular weight is 256 g/mol. The summed E-state index contributed by atoms with van der Waals surface area (Å²) in [5, 5.41) is 0. The van der Waals surface area contributed by atoms with Gasteiger partial charge in [0.25, 0.3) is 0 Å². The van der Waals surface area contributed by atoms with E-state index in [0.717, 1.165) is 10.0 Å². The molecule has 1 aromatic rings. The van der Waals surface area contributed by atoms with Gasteiger partial charge in [0, 0.05) is 16.9 Å². The zero-order valence-corrected chi connectivity index (χ0v) is 9.88. The van der Waals surface area contributed by atoms with Crippen LogP contribution in [-0.4, -0.2) is 4.98 Å². The summed E-state index contributed by atoms with van der Waals surface area (Å²) in [6.07, 6.45) is 5.61. The lowest BCUT2D eigenvalue weighted by atomic mass is 10.1. The fourth-order valence-corrected chi connectivity index (χ4v) is 1.55. The Balaban J connectivity index is 2.95. The van der Waals surface area contributed by atoms with Crippen LogP contribution in [0.25, 0.3) is 0 Å². The number of rotatable bonds is 3. The molecule has 0 spiro atoms. The predicted molar refractivity (Wildman–Crippen MR) is 61.4 cm³/mol. The molecule has 1 rings (SSSR count). The third kappa shape index (κ3) is 3.21. The number of hydrazine groups is 1. The molecule has 0 saturated heterocycles. The van der Waals surface area contributed by atoms with E-state index in [1.165, 1.54) is 5.57 Å². The second-order valence-corrected chi connectivity index (χ2v) is 4.24. The number of aromatic nitrogens is 1. The van der Waals surface area contributed by atoms with Crippen molar-refractivity contribution in [2.45, 2.75) is 19.9 Å². The van der Waals surface area contributed by atoms with Crippen LogP contribution in [0.1, 0.15) is 25.5 Å². The molecule has 0 amide bonds. The minimum absolute atomic E-state index is 0.0185. The molecule has 0 fully saturated rings. The van der Waals surface area contributed by atoms with Crippen LogP contribution in [0.5, 0.6) is 0 Å². The summed E-state index contributed by atoms with van der Waals surface area (Å²) < 4.78 is 0.956. The summed E-state index contributed by atoms with van der Waals surface area (Å²) in [5.41, 5.74) is 5.00. The van der Waals surface area contributed by atoms with Gasteiger partial charge in [-0.3, -0.25) is 10.8 Å². The molecule has 0 aliphatic carbocycles. The lowest BCUT2D eigenvalue weighted by Crippen LogP contribution is -2.26. The number of nitrogens with one attached hydrogen (secondary N) is 1. The Morgan fingerprint density at radius 3 is 2.79 bits per heavy atom. The van der Waals surface area contributed by atoms with Gasteiger partial charge in [0.1, 0.15) is 0 Å². The van der Waals surface area contributed by atoms with Gasteiger partial charge in [-0.1, -0.05) is 11.6 Å². The first kappa shape index (κ1) is 11.4. The van der Waals surface area contributed by atoms with Gasteiger partial charge >= 0.3 is 0 Å². The van der Waals surface area contributed by atoms with Crippen LogP contribution >= 0.6 is 15.9 Å². The molecule has 3 nitrogen and oxygen atoms in total. The van der Waals surface area contributed by atoms with Gasteiger partial charge in [0.05, 0.1) is 6.04 Å². The van der Waals surface area contributed by atoms with E-state index < -0.39 is 0 Å². The monoisotopic (exact) mass is 255 g/mol. The second kappa shape index (κ2) is 5.24. The number of allylic oxidation sites excluding steroid dienone is 1. The van der Waals surface area contributed by atoms with Gasteiger partial charge in [0.2, 0.25) is 0 Å². The molecule has 0 aliphatic heterocycles. The van der Waals surface area contributed by atoms with Crippen LogP contribution in [-0.2, 0) is 0 Å². The minimum atomic E-state index is 0.0185. The lowest BCUT2D eigenvalue weighted by Gasteiger charge is -2.12. The number of hydrogen-bond acceptors (Lipinski definition) is 3. The standard InChI is InChI=1S/C10H14BrN3/c1-7(2)3-10(14-12)8-4-9(11)6-13-5-8/h3-6,10,14H,12H2,1-2H3. The molecule has 4 heteroatoms. The molecule has 1 aromatic heterocycles. The summed E-state index contributed by atoms with van der Waals surface area (Å²) >= 11 is 3.37. The Hall–Kier alpha value is -0.710. The number of nitrogens with two attached hydrogens (primary N) is 1. The van der Waals surface area contributed by atoms with Crippen molar-refractivity contribution >= 4 is 15.9 Å². The summed E-state index contributed by atoms with van der Waals surface area (Å²) in [5.74, 6) is 5.47. The highest BCUT2D eigenvalue weighted by molar-refractivity contribution is 9.10. The van der Waals surface area contributed by atoms with E-state index in [2.05, 4.69) is 32.4 Å². The van der Waals surface area contributed by atoms with Gasteiger partial charge in [0.15, 0.2) is 0 Å². The molecule has 14 heavy (non-hydrogen) atoms. The molecule has 0 bridgehead atoms. The number of nitrogens with zero attached hydrogens (tertiary/aromatic N) is 1. The highest BCUT2D eigenvalue weighted by Gasteiger charge is 2.06. The fraction of sp³-hybridized carbons (Fsp3) is 0.300. The number of halogens is 1. The van der Waals surface area contributed by atoms with Crippen LogP contribution < -0.4 is 11.3 Å². The minimum Gasteiger partial charge on any atom is -0.271 e. The first-order chi connectivity index (χ1) is 6.63. The summed E-state index contributed by atoms with van der Waals surface area (Å²) in [6, 6.07) is 2.02. The molecule has 0 saturated carbocycles. The van der Waals surface area contributed by atoms with Crippen LogP contribution in [0.15, 0.2) is 34.6 Å². The van der Waals surface area contributed by atoms with Gasteiger partial charge < -0.3 is 0 Å². The van der Waals surface area contributed by atoms with Crippen LogP contribution in [0, 0.1) is 0 Å². The summed E-state index contributed by atoms with van der Waals surface area (Å²) in [6.45, 7) is 4.07. The van der Waals surface area contributed by atoms with Gasteiger partial charge in [-0.05, 0) is 41.4 Å². The van der Waals surface area contributed by atoms with E-state index in [1.807, 2.05) is 19.9 Å². The quantitative estimate of drug-likeness (QED) is 0.495. The number of pyridine rings is 1. The summed E-state index contributed by atoms with van der Waals surface area (Å²) in [4.78, 5) is 4.09. The van der Waals surface area contributed by atoms with Crippen molar-refractivity contribution < 1.29 is 0 Å². The van der Waals surface area contributed by atoms with Crippen molar-refractivity contribution in [1.29, 1.82) is 0 Å². The molecule has 0 aromatic carbocycles. The Kier molecular flexibility index (Phi) is 4.25. The molecular weight excluding hydrogens is 242 g/mol. The largest absolute Gasteiger partial charge is 0.271 e. The van der Waals surface area contributed by atoms with E-state index in [9.17, 15) is 0 Å². The van der Waals surface area contributed by atoms with Gasteiger partial charge in [-0.2, -0.15) is 0 Å². The maximum Gasteiger partial charge on any atom is 0.0658 e. The predicted octanol–water partition coefficient (Wildman–Crippen LogP) is 2.31. The molecule has 1 unspecified atom stereocenters. The van der Waals surface area contributed by atoms with Crippen molar-refractivity contribution in [3.05, 3.63) is 40.1 Å². The van der Waals surface area contributed by atoms with Crippen LogP contribution in [0.4, 0.5) is 0 Å². The van der Waals surface area contributed by atoms with Crippen molar-refractivity contribution in [2.24, 2.45) is 5.84 Å². The molecule has 3 N–H and O–H groups in total. The van der Waals surface area contributed by atoms with E-state index in [1.54, 1.807) is 12.4 Å². The Bertz CT molecular complexity index is 332. The second-order valence-electron chi connectivity index (χ2n) is 3.32. The first-order valence-electron chi connectivity index (χ1n) is 4.35. The first-order valence-corrected chi connectivity index (χ1v) is 5.14. The highest BCUT2D eigenvalue weighted by Crippen LogP contribution is 2.18. The SMILES string of the molecule is CC(C)=CC(NN)c1cncc(Br)c1. The van der Waals surface area contributed by atoms with Crippen molar-refractivity contribution in [1.82, 2.24) is 10.4 Å². The van der Waals surface area contributed by atoms with Crippen molar-refractivity contribution in [2.75, 3.05) is 0 Å².